The Kier molecular flexibility index (Phi) is 4.55. The number of nitrogens with one attached hydrogen (secondary N) is 1. The van der Waals surface area contributed by atoms with E-state index in [2.05, 4.69) is 37.2 Å². The monoisotopic (exact) mass is 403 g/mol. The summed E-state index contributed by atoms with van der Waals surface area (Å²) in [5.74, 6) is -1.35. The molecule has 0 aliphatic heterocycles. The normalized spacial score (nSPS) is 10.4. The average molecular weight is 405 g/mol. The lowest BCUT2D eigenvalue weighted by Gasteiger charge is -2.10. The van der Waals surface area contributed by atoms with Crippen LogP contribution < -0.4 is 5.32 Å². The molecule has 2 aromatic rings. The molecule has 1 N–H and O–H groups in total. The highest BCUT2D eigenvalue weighted by molar-refractivity contribution is 9.10. The van der Waals surface area contributed by atoms with Gasteiger partial charge in [0.25, 0.3) is 5.91 Å². The Bertz CT molecular complexity index is 689. The summed E-state index contributed by atoms with van der Waals surface area (Å²) in [6.45, 7) is 1.75. The molecule has 6 heteroatoms. The number of rotatable bonds is 2. The molecule has 0 bridgehead atoms. The van der Waals surface area contributed by atoms with E-state index in [0.29, 0.717) is 15.7 Å². The van der Waals surface area contributed by atoms with Gasteiger partial charge in [-0.1, -0.05) is 0 Å². The van der Waals surface area contributed by atoms with Gasteiger partial charge in [-0.2, -0.15) is 0 Å². The first kappa shape index (κ1) is 15.1. The first-order chi connectivity index (χ1) is 9.38. The second kappa shape index (κ2) is 6.01. The van der Waals surface area contributed by atoms with E-state index >= 15 is 0 Å². The maximum atomic E-state index is 13.5. The fraction of sp³-hybridized carbons (Fsp3) is 0.0714. The van der Waals surface area contributed by atoms with Crippen molar-refractivity contribution in [2.45, 2.75) is 6.92 Å². The lowest BCUT2D eigenvalue weighted by molar-refractivity contribution is 0.102. The van der Waals surface area contributed by atoms with E-state index in [1.807, 2.05) is 0 Å². The molecule has 0 aliphatic carbocycles. The van der Waals surface area contributed by atoms with E-state index < -0.39 is 17.5 Å². The van der Waals surface area contributed by atoms with E-state index in [1.165, 1.54) is 24.3 Å². The Morgan fingerprint density at radius 3 is 2.35 bits per heavy atom. The second-order valence-corrected chi connectivity index (χ2v) is 5.87. The maximum Gasteiger partial charge on any atom is 0.255 e. The van der Waals surface area contributed by atoms with E-state index in [0.717, 1.165) is 0 Å². The largest absolute Gasteiger partial charge is 0.322 e. The third-order valence-electron chi connectivity index (χ3n) is 2.70. The van der Waals surface area contributed by atoms with E-state index in [4.69, 9.17) is 0 Å². The average Bonchev–Trinajstić information content (AvgIpc) is 2.39. The highest BCUT2D eigenvalue weighted by atomic mass is 79.9. The van der Waals surface area contributed by atoms with Crippen molar-refractivity contribution in [1.29, 1.82) is 0 Å². The molecular weight excluding hydrogens is 396 g/mol. The number of carbonyl (C=O) groups is 1. The van der Waals surface area contributed by atoms with Crippen LogP contribution >= 0.6 is 31.9 Å². The fourth-order valence-electron chi connectivity index (χ4n) is 1.61. The van der Waals surface area contributed by atoms with E-state index in [-0.39, 0.29) is 10.0 Å². The predicted molar refractivity (Wildman–Crippen MR) is 80.9 cm³/mol. The van der Waals surface area contributed by atoms with Crippen molar-refractivity contribution in [3.8, 4) is 0 Å². The Labute approximate surface area is 131 Å². The Morgan fingerprint density at radius 1 is 1.05 bits per heavy atom. The Balaban J connectivity index is 2.27. The van der Waals surface area contributed by atoms with Crippen molar-refractivity contribution in [1.82, 2.24) is 0 Å². The van der Waals surface area contributed by atoms with Crippen LogP contribution in [0.15, 0.2) is 39.3 Å². The summed E-state index contributed by atoms with van der Waals surface area (Å²) in [5, 5.41) is 2.60. The van der Waals surface area contributed by atoms with Crippen molar-refractivity contribution in [2.75, 3.05) is 5.32 Å². The number of anilines is 1. The Morgan fingerprint density at radius 2 is 1.70 bits per heavy atom. The molecule has 1 amide bonds. The number of benzene rings is 2. The maximum absolute atomic E-state index is 13.5. The molecule has 0 atom stereocenters. The Hall–Kier alpha value is -1.27. The van der Waals surface area contributed by atoms with E-state index in [1.54, 1.807) is 13.0 Å². The second-order valence-electron chi connectivity index (χ2n) is 4.16. The van der Waals surface area contributed by atoms with E-state index in [9.17, 15) is 13.6 Å². The zero-order valence-corrected chi connectivity index (χ0v) is 13.5. The van der Waals surface area contributed by atoms with Crippen molar-refractivity contribution >= 4 is 43.5 Å². The summed E-state index contributed by atoms with van der Waals surface area (Å²) in [7, 11) is 0. The SMILES string of the molecule is Cc1cc(Br)c(F)cc1NC(=O)c1ccc(F)c(Br)c1. The summed E-state index contributed by atoms with van der Waals surface area (Å²) in [4.78, 5) is 12.0. The quantitative estimate of drug-likeness (QED) is 0.745. The lowest BCUT2D eigenvalue weighted by atomic mass is 10.1. The minimum Gasteiger partial charge on any atom is -0.322 e. The van der Waals surface area contributed by atoms with Crippen molar-refractivity contribution in [2.24, 2.45) is 0 Å². The number of halogens is 4. The van der Waals surface area contributed by atoms with Gasteiger partial charge in [-0.15, -0.1) is 0 Å². The molecule has 0 heterocycles. The molecule has 0 saturated heterocycles. The van der Waals surface area contributed by atoms with Crippen LogP contribution in [0.4, 0.5) is 14.5 Å². The van der Waals surface area contributed by atoms with Crippen LogP contribution in [0.1, 0.15) is 15.9 Å². The number of aryl methyl sites for hydroxylation is 1. The van der Waals surface area contributed by atoms with Gasteiger partial charge < -0.3 is 5.32 Å². The van der Waals surface area contributed by atoms with Crippen LogP contribution in [0.5, 0.6) is 0 Å². The summed E-state index contributed by atoms with van der Waals surface area (Å²) < 4.78 is 27.1. The summed E-state index contributed by atoms with van der Waals surface area (Å²) in [6, 6.07) is 6.73. The number of hydrogen-bond donors (Lipinski definition) is 1. The minimum atomic E-state index is -0.466. The molecule has 2 nitrogen and oxygen atoms in total. The fourth-order valence-corrected chi connectivity index (χ4v) is 2.45. The molecule has 104 valence electrons. The van der Waals surface area contributed by atoms with Gasteiger partial charge in [0.1, 0.15) is 11.6 Å². The third-order valence-corrected chi connectivity index (χ3v) is 3.91. The molecule has 2 aromatic carbocycles. The number of carbonyl (C=O) groups excluding carboxylic acids is 1. The van der Waals surface area contributed by atoms with Gasteiger partial charge in [0, 0.05) is 11.3 Å². The zero-order valence-electron chi connectivity index (χ0n) is 10.3. The topological polar surface area (TPSA) is 29.1 Å². The molecule has 0 fully saturated rings. The summed E-state index contributed by atoms with van der Waals surface area (Å²) in [5.41, 5.74) is 1.37. The molecule has 0 aliphatic rings. The smallest absolute Gasteiger partial charge is 0.255 e. The molecular formula is C14H9Br2F2NO. The lowest BCUT2D eigenvalue weighted by Crippen LogP contribution is -2.13. The van der Waals surface area contributed by atoms with Crippen molar-refractivity contribution < 1.29 is 13.6 Å². The van der Waals surface area contributed by atoms with Crippen LogP contribution in [0, 0.1) is 18.6 Å². The highest BCUT2D eigenvalue weighted by Gasteiger charge is 2.12. The molecule has 0 spiro atoms. The molecule has 0 unspecified atom stereocenters. The molecule has 2 rings (SSSR count). The van der Waals surface area contributed by atoms with Gasteiger partial charge in [-0.3, -0.25) is 4.79 Å². The predicted octanol–water partition coefficient (Wildman–Crippen LogP) is 5.05. The van der Waals surface area contributed by atoms with Crippen LogP contribution in [0.3, 0.4) is 0 Å². The molecule has 20 heavy (non-hydrogen) atoms. The zero-order chi connectivity index (χ0) is 14.9. The highest BCUT2D eigenvalue weighted by Crippen LogP contribution is 2.25. The van der Waals surface area contributed by atoms with Crippen LogP contribution in [-0.2, 0) is 0 Å². The standard InChI is InChI=1S/C14H9Br2F2NO/c1-7-4-9(15)12(18)6-13(7)19-14(20)8-2-3-11(17)10(16)5-8/h2-6H,1H3,(H,19,20). The molecule has 0 saturated carbocycles. The first-order valence-corrected chi connectivity index (χ1v) is 7.19. The summed E-state index contributed by atoms with van der Waals surface area (Å²) in [6.07, 6.45) is 0. The van der Waals surface area contributed by atoms with Gasteiger partial charge in [0.05, 0.1) is 8.95 Å². The molecule has 0 aromatic heterocycles. The van der Waals surface area contributed by atoms with Crippen molar-refractivity contribution in [3.63, 3.8) is 0 Å². The van der Waals surface area contributed by atoms with Crippen LogP contribution in [0.2, 0.25) is 0 Å². The third kappa shape index (κ3) is 3.24. The minimum absolute atomic E-state index is 0.198. The van der Waals surface area contributed by atoms with Gasteiger partial charge >= 0.3 is 0 Å². The molecule has 0 radical (unpaired) electrons. The van der Waals surface area contributed by atoms with Crippen molar-refractivity contribution in [3.05, 3.63) is 62.0 Å². The van der Waals surface area contributed by atoms with Crippen LogP contribution in [0.25, 0.3) is 0 Å². The first-order valence-electron chi connectivity index (χ1n) is 5.60. The van der Waals surface area contributed by atoms with Gasteiger partial charge in [-0.25, -0.2) is 8.78 Å². The number of hydrogen-bond acceptors (Lipinski definition) is 1. The van der Waals surface area contributed by atoms with Gasteiger partial charge in [0.15, 0.2) is 0 Å². The van der Waals surface area contributed by atoms with Crippen LogP contribution in [-0.4, -0.2) is 5.91 Å². The summed E-state index contributed by atoms with van der Waals surface area (Å²) >= 11 is 6.09. The van der Waals surface area contributed by atoms with Gasteiger partial charge in [-0.05, 0) is 74.7 Å². The number of amides is 1. The van der Waals surface area contributed by atoms with Gasteiger partial charge in [0.2, 0.25) is 0 Å².